The quantitative estimate of drug-likeness (QED) is 0.418. The average Bonchev–Trinajstić information content (AvgIpc) is 2.49. The number of hydrogen-bond acceptors (Lipinski definition) is 4. The van der Waals surface area contributed by atoms with Gasteiger partial charge in [0.15, 0.2) is 0 Å². The summed E-state index contributed by atoms with van der Waals surface area (Å²) >= 11 is 0. The van der Waals surface area contributed by atoms with Crippen molar-refractivity contribution in [1.82, 2.24) is 0 Å². The molecule has 0 radical (unpaired) electrons. The molecule has 0 spiro atoms. The van der Waals surface area contributed by atoms with Gasteiger partial charge < -0.3 is 19.3 Å². The lowest BCUT2D eigenvalue weighted by Crippen LogP contribution is -2.11. The summed E-state index contributed by atoms with van der Waals surface area (Å²) in [5.41, 5.74) is 0. The van der Waals surface area contributed by atoms with Gasteiger partial charge in [0.05, 0.1) is 39.6 Å². The van der Waals surface area contributed by atoms with Gasteiger partial charge in [0.2, 0.25) is 0 Å². The highest BCUT2D eigenvalue weighted by Crippen LogP contribution is 2.14. The largest absolute Gasteiger partial charge is 0.394 e. The minimum Gasteiger partial charge on any atom is -0.394 e. The summed E-state index contributed by atoms with van der Waals surface area (Å²) < 4.78 is 16.0. The van der Waals surface area contributed by atoms with Crippen molar-refractivity contribution >= 4 is 0 Å². The maximum absolute atomic E-state index is 8.52. The highest BCUT2D eigenvalue weighted by molar-refractivity contribution is 4.54. The van der Waals surface area contributed by atoms with E-state index in [1.807, 2.05) is 0 Å². The molecule has 1 unspecified atom stereocenters. The second kappa shape index (κ2) is 17.9. The summed E-state index contributed by atoms with van der Waals surface area (Å²) in [4.78, 5) is 0. The van der Waals surface area contributed by atoms with Gasteiger partial charge >= 0.3 is 0 Å². The van der Waals surface area contributed by atoms with Crippen LogP contribution in [0.25, 0.3) is 0 Å². The second-order valence-corrected chi connectivity index (χ2v) is 5.66. The number of rotatable bonds is 17. The van der Waals surface area contributed by atoms with Crippen LogP contribution in [0.3, 0.4) is 0 Å². The Labute approximate surface area is 131 Å². The first-order chi connectivity index (χ1) is 10.3. The molecule has 0 aromatic carbocycles. The molecule has 0 heterocycles. The molecule has 0 saturated heterocycles. The molecule has 128 valence electrons. The molecule has 0 aliphatic rings. The van der Waals surface area contributed by atoms with Crippen LogP contribution in [-0.2, 0) is 14.2 Å². The zero-order valence-corrected chi connectivity index (χ0v) is 14.1. The highest BCUT2D eigenvalue weighted by atomic mass is 16.5. The van der Waals surface area contributed by atoms with Crippen LogP contribution in [0.1, 0.15) is 58.8 Å². The Morgan fingerprint density at radius 1 is 0.714 bits per heavy atom. The van der Waals surface area contributed by atoms with Crippen LogP contribution in [-0.4, -0.2) is 51.4 Å². The van der Waals surface area contributed by atoms with Crippen LogP contribution in [0, 0.1) is 5.92 Å². The lowest BCUT2D eigenvalue weighted by Gasteiger charge is -2.11. The van der Waals surface area contributed by atoms with E-state index in [1.54, 1.807) is 0 Å². The fourth-order valence-corrected chi connectivity index (χ4v) is 2.13. The van der Waals surface area contributed by atoms with Gasteiger partial charge in [-0.2, -0.15) is 0 Å². The minimum atomic E-state index is 0.0693. The van der Waals surface area contributed by atoms with Crippen LogP contribution < -0.4 is 0 Å². The van der Waals surface area contributed by atoms with Gasteiger partial charge in [-0.3, -0.25) is 0 Å². The third kappa shape index (κ3) is 17.8. The van der Waals surface area contributed by atoms with Crippen LogP contribution in [0.15, 0.2) is 0 Å². The Bertz CT molecular complexity index is 188. The van der Waals surface area contributed by atoms with E-state index < -0.39 is 0 Å². The minimum absolute atomic E-state index is 0.0693. The van der Waals surface area contributed by atoms with Gasteiger partial charge in [-0.1, -0.05) is 52.4 Å². The van der Waals surface area contributed by atoms with Crippen molar-refractivity contribution in [2.75, 3.05) is 46.2 Å². The summed E-state index contributed by atoms with van der Waals surface area (Å²) in [6.45, 7) is 8.24. The van der Waals surface area contributed by atoms with E-state index in [0.29, 0.717) is 33.0 Å². The van der Waals surface area contributed by atoms with Crippen molar-refractivity contribution < 1.29 is 19.3 Å². The second-order valence-electron chi connectivity index (χ2n) is 5.66. The molecule has 0 rings (SSSR count). The molecule has 1 N–H and O–H groups in total. The third-order valence-electron chi connectivity index (χ3n) is 3.54. The molecule has 0 aliphatic carbocycles. The molecule has 0 saturated carbocycles. The lowest BCUT2D eigenvalue weighted by atomic mass is 10.00. The predicted octanol–water partition coefficient (Wildman–Crippen LogP) is 3.42. The van der Waals surface area contributed by atoms with Crippen molar-refractivity contribution in [3.63, 3.8) is 0 Å². The van der Waals surface area contributed by atoms with Crippen LogP contribution in [0.2, 0.25) is 0 Å². The number of aliphatic hydroxyl groups excluding tert-OH is 1. The summed E-state index contributed by atoms with van der Waals surface area (Å²) in [5, 5.41) is 8.52. The van der Waals surface area contributed by atoms with Crippen LogP contribution in [0.5, 0.6) is 0 Å². The summed E-state index contributed by atoms with van der Waals surface area (Å²) in [7, 11) is 0. The molecular formula is C17H36O4. The highest BCUT2D eigenvalue weighted by Gasteiger charge is 2.02. The molecular weight excluding hydrogens is 268 g/mol. The van der Waals surface area contributed by atoms with Gasteiger partial charge in [-0.15, -0.1) is 0 Å². The first kappa shape index (κ1) is 20.8. The predicted molar refractivity (Wildman–Crippen MR) is 86.7 cm³/mol. The van der Waals surface area contributed by atoms with Crippen LogP contribution in [0.4, 0.5) is 0 Å². The van der Waals surface area contributed by atoms with Gasteiger partial charge in [0.25, 0.3) is 0 Å². The summed E-state index contributed by atoms with van der Waals surface area (Å²) in [5.74, 6) is 0.763. The van der Waals surface area contributed by atoms with E-state index >= 15 is 0 Å². The summed E-state index contributed by atoms with van der Waals surface area (Å²) in [6, 6.07) is 0. The van der Waals surface area contributed by atoms with E-state index in [4.69, 9.17) is 19.3 Å². The third-order valence-corrected chi connectivity index (χ3v) is 3.54. The zero-order valence-electron chi connectivity index (χ0n) is 14.1. The summed E-state index contributed by atoms with van der Waals surface area (Å²) in [6.07, 6.45) is 9.29. The molecule has 0 aliphatic heterocycles. The van der Waals surface area contributed by atoms with Gasteiger partial charge in [-0.25, -0.2) is 0 Å². The molecule has 0 aromatic heterocycles. The van der Waals surface area contributed by atoms with Gasteiger partial charge in [0.1, 0.15) is 0 Å². The van der Waals surface area contributed by atoms with Crippen molar-refractivity contribution in [2.24, 2.45) is 5.92 Å². The van der Waals surface area contributed by atoms with Gasteiger partial charge in [-0.05, 0) is 12.3 Å². The maximum Gasteiger partial charge on any atom is 0.0701 e. The fourth-order valence-electron chi connectivity index (χ4n) is 2.13. The number of unbranched alkanes of at least 4 members (excludes halogenated alkanes) is 4. The Kier molecular flexibility index (Phi) is 17.8. The number of hydrogen-bond donors (Lipinski definition) is 1. The molecule has 0 bridgehead atoms. The van der Waals surface area contributed by atoms with Crippen molar-refractivity contribution in [1.29, 1.82) is 0 Å². The lowest BCUT2D eigenvalue weighted by molar-refractivity contribution is 0.00601. The molecule has 1 atom stereocenters. The molecule has 4 heteroatoms. The van der Waals surface area contributed by atoms with Crippen molar-refractivity contribution in [3.8, 4) is 0 Å². The standard InChI is InChI=1S/C17H36O4/c1-3-4-5-6-7-8-17(2)9-11-19-13-15-21-16-14-20-12-10-18/h17-18H,3-16H2,1-2H3. The van der Waals surface area contributed by atoms with Crippen LogP contribution >= 0.6 is 0 Å². The Balaban J connectivity index is 3.09. The fraction of sp³-hybridized carbons (Fsp3) is 1.00. The monoisotopic (exact) mass is 304 g/mol. The normalized spacial score (nSPS) is 12.7. The Morgan fingerprint density at radius 3 is 1.90 bits per heavy atom. The van der Waals surface area contributed by atoms with E-state index in [1.165, 1.54) is 38.5 Å². The zero-order chi connectivity index (χ0) is 15.6. The first-order valence-electron chi connectivity index (χ1n) is 8.65. The molecule has 0 fully saturated rings. The molecule has 0 aromatic rings. The topological polar surface area (TPSA) is 47.9 Å². The van der Waals surface area contributed by atoms with E-state index in [2.05, 4.69) is 13.8 Å². The average molecular weight is 304 g/mol. The van der Waals surface area contributed by atoms with E-state index in [0.717, 1.165) is 18.9 Å². The smallest absolute Gasteiger partial charge is 0.0701 e. The Morgan fingerprint density at radius 2 is 1.29 bits per heavy atom. The van der Waals surface area contributed by atoms with Gasteiger partial charge in [0, 0.05) is 6.61 Å². The van der Waals surface area contributed by atoms with Crippen molar-refractivity contribution in [3.05, 3.63) is 0 Å². The van der Waals surface area contributed by atoms with Crippen molar-refractivity contribution in [2.45, 2.75) is 58.8 Å². The molecule has 0 amide bonds. The first-order valence-corrected chi connectivity index (χ1v) is 8.65. The maximum atomic E-state index is 8.52. The Hall–Kier alpha value is -0.160. The number of aliphatic hydroxyl groups is 1. The molecule has 21 heavy (non-hydrogen) atoms. The van der Waals surface area contributed by atoms with E-state index in [9.17, 15) is 0 Å². The number of ether oxygens (including phenoxy) is 3. The SMILES string of the molecule is CCCCCCCC(C)CCOCCOCCOCCO. The van der Waals surface area contributed by atoms with E-state index in [-0.39, 0.29) is 6.61 Å². The molecule has 4 nitrogen and oxygen atoms in total.